The van der Waals surface area contributed by atoms with Crippen LogP contribution in [-0.2, 0) is 0 Å². The number of nitrogens with zero attached hydrogens (tertiary/aromatic N) is 4. The zero-order chi connectivity index (χ0) is 23.4. The molecule has 0 spiro atoms. The van der Waals surface area contributed by atoms with Crippen molar-refractivity contribution in [3.8, 4) is 0 Å². The van der Waals surface area contributed by atoms with Gasteiger partial charge in [0.15, 0.2) is 0 Å². The number of carbonyl (C=O) groups is 1. The van der Waals surface area contributed by atoms with Crippen LogP contribution in [0.3, 0.4) is 0 Å². The van der Waals surface area contributed by atoms with Gasteiger partial charge in [0, 0.05) is 43.6 Å². The fourth-order valence-electron chi connectivity index (χ4n) is 7.20. The van der Waals surface area contributed by atoms with Crippen molar-refractivity contribution in [2.75, 3.05) is 29.4 Å². The van der Waals surface area contributed by atoms with Gasteiger partial charge in [-0.25, -0.2) is 14.4 Å². The van der Waals surface area contributed by atoms with Crippen molar-refractivity contribution in [2.45, 2.75) is 56.7 Å². The second kappa shape index (κ2) is 8.18. The largest absolute Gasteiger partial charge is 0.390 e. The van der Waals surface area contributed by atoms with Crippen LogP contribution in [0.15, 0.2) is 36.5 Å². The Labute approximate surface area is 199 Å². The molecule has 1 aromatic heterocycles. The normalized spacial score (nSPS) is 34.4. The van der Waals surface area contributed by atoms with Crippen LogP contribution in [0.5, 0.6) is 0 Å². The highest BCUT2D eigenvalue weighted by Gasteiger charge is 2.55. The maximum absolute atomic E-state index is 13.3. The molecular formula is C26H32FN5O2. The first-order chi connectivity index (χ1) is 16.4. The molecule has 2 unspecified atom stereocenters. The van der Waals surface area contributed by atoms with Gasteiger partial charge in [0.1, 0.15) is 11.5 Å². The number of aliphatic hydroxyl groups is 1. The third-order valence-corrected chi connectivity index (χ3v) is 8.49. The molecule has 4 bridgehead atoms. The molecule has 7 nitrogen and oxygen atoms in total. The zero-order valence-electron chi connectivity index (χ0n) is 19.5. The number of amides is 1. The Hall–Kier alpha value is -2.74. The van der Waals surface area contributed by atoms with Gasteiger partial charge in [-0.1, -0.05) is 0 Å². The van der Waals surface area contributed by atoms with E-state index in [9.17, 15) is 14.3 Å². The van der Waals surface area contributed by atoms with Crippen molar-refractivity contribution in [1.82, 2.24) is 15.3 Å². The summed E-state index contributed by atoms with van der Waals surface area (Å²) in [7, 11) is 0. The van der Waals surface area contributed by atoms with Crippen molar-refractivity contribution in [3.63, 3.8) is 0 Å². The molecule has 4 aliphatic carbocycles. The summed E-state index contributed by atoms with van der Waals surface area (Å²) >= 11 is 0. The van der Waals surface area contributed by atoms with E-state index in [0.717, 1.165) is 57.4 Å². The summed E-state index contributed by atoms with van der Waals surface area (Å²) in [6, 6.07) is 8.54. The number of hydrogen-bond acceptors (Lipinski definition) is 6. The molecule has 1 saturated heterocycles. The highest BCUT2D eigenvalue weighted by molar-refractivity contribution is 5.92. The van der Waals surface area contributed by atoms with Crippen LogP contribution in [-0.4, -0.2) is 58.3 Å². The molecule has 180 valence electrons. The smallest absolute Gasteiger partial charge is 0.270 e. The Morgan fingerprint density at radius 2 is 1.85 bits per heavy atom. The van der Waals surface area contributed by atoms with Crippen molar-refractivity contribution in [3.05, 3.63) is 48.0 Å². The fraction of sp³-hybridized carbons (Fsp3) is 0.577. The number of piperazine rings is 1. The predicted molar refractivity (Wildman–Crippen MR) is 127 cm³/mol. The van der Waals surface area contributed by atoms with E-state index in [0.29, 0.717) is 29.4 Å². The second-order valence-electron chi connectivity index (χ2n) is 10.9. The van der Waals surface area contributed by atoms with Gasteiger partial charge in [0.2, 0.25) is 5.95 Å². The zero-order valence-corrected chi connectivity index (χ0v) is 19.5. The third kappa shape index (κ3) is 3.91. The molecule has 2 N–H and O–H groups in total. The molecule has 8 heteroatoms. The maximum Gasteiger partial charge on any atom is 0.270 e. The monoisotopic (exact) mass is 465 g/mol. The molecule has 7 rings (SSSR count). The number of nitrogens with one attached hydrogen (secondary N) is 1. The number of rotatable bonds is 4. The van der Waals surface area contributed by atoms with E-state index >= 15 is 0 Å². The number of aromatic nitrogens is 2. The molecule has 5 fully saturated rings. The molecular weight excluding hydrogens is 433 g/mol. The van der Waals surface area contributed by atoms with Gasteiger partial charge >= 0.3 is 0 Å². The molecule has 2 heterocycles. The Morgan fingerprint density at radius 3 is 2.53 bits per heavy atom. The van der Waals surface area contributed by atoms with Crippen molar-refractivity contribution in [2.24, 2.45) is 17.8 Å². The lowest BCUT2D eigenvalue weighted by molar-refractivity contribution is -0.136. The van der Waals surface area contributed by atoms with Crippen molar-refractivity contribution in [1.29, 1.82) is 0 Å². The number of carbonyl (C=O) groups excluding carboxylic acids is 1. The van der Waals surface area contributed by atoms with E-state index in [2.05, 4.69) is 32.0 Å². The minimum absolute atomic E-state index is 0.126. The van der Waals surface area contributed by atoms with Gasteiger partial charge in [-0.3, -0.25) is 4.79 Å². The van der Waals surface area contributed by atoms with Gasteiger partial charge in [-0.2, -0.15) is 0 Å². The van der Waals surface area contributed by atoms with Crippen molar-refractivity contribution < 1.29 is 14.3 Å². The third-order valence-electron chi connectivity index (χ3n) is 8.49. The van der Waals surface area contributed by atoms with Gasteiger partial charge in [0.25, 0.3) is 5.91 Å². The van der Waals surface area contributed by atoms with Crippen LogP contribution in [0.25, 0.3) is 0 Å². The van der Waals surface area contributed by atoms with Crippen LogP contribution in [0, 0.1) is 23.6 Å². The van der Waals surface area contributed by atoms with Gasteiger partial charge in [-0.05, 0) is 87.1 Å². The summed E-state index contributed by atoms with van der Waals surface area (Å²) in [6.45, 7) is 4.37. The van der Waals surface area contributed by atoms with E-state index in [-0.39, 0.29) is 23.8 Å². The molecule has 3 atom stereocenters. The highest BCUT2D eigenvalue weighted by Crippen LogP contribution is 2.55. The molecule has 1 aliphatic heterocycles. The first-order valence-corrected chi connectivity index (χ1v) is 12.5. The van der Waals surface area contributed by atoms with Gasteiger partial charge in [0.05, 0.1) is 5.60 Å². The quantitative estimate of drug-likeness (QED) is 0.723. The van der Waals surface area contributed by atoms with E-state index < -0.39 is 5.60 Å². The van der Waals surface area contributed by atoms with E-state index in [1.807, 2.05) is 12.1 Å². The van der Waals surface area contributed by atoms with Crippen LogP contribution in [0.4, 0.5) is 16.0 Å². The Morgan fingerprint density at radius 1 is 1.12 bits per heavy atom. The molecule has 1 amide bonds. The second-order valence-corrected chi connectivity index (χ2v) is 10.9. The molecule has 1 aromatic carbocycles. The number of anilines is 2. The summed E-state index contributed by atoms with van der Waals surface area (Å²) in [6.07, 6.45) is 6.41. The topological polar surface area (TPSA) is 81.6 Å². The van der Waals surface area contributed by atoms with Crippen LogP contribution in [0.1, 0.15) is 49.5 Å². The SMILES string of the molecule is C[C@@H]1CN(c2ccc(F)cc2)CCN1c1nccc(C(=O)NC2C3CC4CC2CC(O)(C4)C3)n1. The fourth-order valence-corrected chi connectivity index (χ4v) is 7.20. The minimum Gasteiger partial charge on any atom is -0.390 e. The molecule has 2 aromatic rings. The highest BCUT2D eigenvalue weighted by atomic mass is 19.1. The van der Waals surface area contributed by atoms with Gasteiger partial charge in [-0.15, -0.1) is 0 Å². The van der Waals surface area contributed by atoms with Crippen LogP contribution >= 0.6 is 0 Å². The number of hydrogen-bond donors (Lipinski definition) is 2. The summed E-state index contributed by atoms with van der Waals surface area (Å²) < 4.78 is 13.3. The Kier molecular flexibility index (Phi) is 5.24. The van der Waals surface area contributed by atoms with Gasteiger partial charge < -0.3 is 20.2 Å². The van der Waals surface area contributed by atoms with Crippen molar-refractivity contribution >= 4 is 17.5 Å². The average molecular weight is 466 g/mol. The maximum atomic E-state index is 13.3. The standard InChI is InChI=1S/C26H32FN5O2/c1-16-15-31(21-4-2-20(27)3-5-21)8-9-32(16)25-28-7-6-22(29-25)24(33)30-23-18-10-17-11-19(23)14-26(34,12-17)13-18/h2-7,16-19,23,34H,8-15H2,1H3,(H,30,33)/t16-,17?,18?,19?,23?,26?/m1/s1. The number of halogens is 1. The minimum atomic E-state index is -0.508. The predicted octanol–water partition coefficient (Wildman–Crippen LogP) is 3.00. The lowest BCUT2D eigenvalue weighted by atomic mass is 9.52. The van der Waals surface area contributed by atoms with E-state index in [1.165, 1.54) is 12.1 Å². The lowest BCUT2D eigenvalue weighted by Crippen LogP contribution is -2.61. The summed E-state index contributed by atoms with van der Waals surface area (Å²) in [5.41, 5.74) is 0.888. The van der Waals surface area contributed by atoms with Crippen LogP contribution in [0.2, 0.25) is 0 Å². The number of benzene rings is 1. The molecule has 4 saturated carbocycles. The summed E-state index contributed by atoms with van der Waals surface area (Å²) in [4.78, 5) is 26.7. The van der Waals surface area contributed by atoms with Crippen LogP contribution < -0.4 is 15.1 Å². The molecule has 5 aliphatic rings. The van der Waals surface area contributed by atoms with E-state index in [4.69, 9.17) is 0 Å². The summed E-state index contributed by atoms with van der Waals surface area (Å²) in [5.74, 6) is 1.52. The Bertz CT molecular complexity index is 1060. The average Bonchev–Trinajstić information content (AvgIpc) is 2.81. The first-order valence-electron chi connectivity index (χ1n) is 12.5. The first kappa shape index (κ1) is 21.8. The molecule has 0 radical (unpaired) electrons. The summed E-state index contributed by atoms with van der Waals surface area (Å²) in [5, 5.41) is 14.1. The van der Waals surface area contributed by atoms with E-state index in [1.54, 1.807) is 12.3 Å². The lowest BCUT2D eigenvalue weighted by Gasteiger charge is -2.58. The molecule has 34 heavy (non-hydrogen) atoms. The Balaban J connectivity index is 1.13.